The van der Waals surface area contributed by atoms with Crippen molar-refractivity contribution in [3.05, 3.63) is 24.3 Å². The largest absolute Gasteiger partial charge is 0.295 e. The first-order valence-corrected chi connectivity index (χ1v) is 5.32. The molecule has 0 radical (unpaired) electrons. The monoisotopic (exact) mass is 192 g/mol. The summed E-state index contributed by atoms with van der Waals surface area (Å²) in [6, 6.07) is 0. The highest BCUT2D eigenvalue weighted by molar-refractivity contribution is 5.92. The van der Waals surface area contributed by atoms with E-state index < -0.39 is 0 Å². The number of rotatable bonds is 2. The molecular weight excluding hydrogens is 172 g/mol. The van der Waals surface area contributed by atoms with E-state index >= 15 is 0 Å². The van der Waals surface area contributed by atoms with E-state index in [0.717, 1.165) is 6.42 Å². The molecule has 0 aromatic rings. The highest BCUT2D eigenvalue weighted by atomic mass is 16.1. The van der Waals surface area contributed by atoms with Crippen LogP contribution in [0.15, 0.2) is 24.3 Å². The maximum atomic E-state index is 11.9. The fourth-order valence-corrected chi connectivity index (χ4v) is 2.45. The normalized spacial score (nSPS) is 30.9. The van der Waals surface area contributed by atoms with Crippen molar-refractivity contribution in [3.63, 3.8) is 0 Å². The molecular formula is C13H20O. The molecule has 0 aromatic carbocycles. The summed E-state index contributed by atoms with van der Waals surface area (Å²) < 4.78 is 0. The second-order valence-corrected chi connectivity index (χ2v) is 4.86. The van der Waals surface area contributed by atoms with Crippen molar-refractivity contribution in [3.8, 4) is 0 Å². The average Bonchev–Trinajstić information content (AvgIpc) is 2.02. The molecule has 1 rings (SSSR count). The van der Waals surface area contributed by atoms with Gasteiger partial charge in [0.1, 0.15) is 0 Å². The lowest BCUT2D eigenvalue weighted by Crippen LogP contribution is -2.36. The van der Waals surface area contributed by atoms with E-state index in [4.69, 9.17) is 0 Å². The van der Waals surface area contributed by atoms with Crippen LogP contribution in [0.5, 0.6) is 0 Å². The molecule has 0 unspecified atom stereocenters. The van der Waals surface area contributed by atoms with Crippen LogP contribution in [0.25, 0.3) is 0 Å². The van der Waals surface area contributed by atoms with E-state index in [1.165, 1.54) is 0 Å². The summed E-state index contributed by atoms with van der Waals surface area (Å²) >= 11 is 0. The first-order chi connectivity index (χ1) is 6.49. The standard InChI is InChI=1S/C13H20O/c1-5-7-11(14)12-10(2)8-6-9-13(12,3)4/h5-8,10,12H,9H2,1-4H3/b7-5-/t10-,12-/m1/s1. The Morgan fingerprint density at radius 3 is 2.64 bits per heavy atom. The predicted molar refractivity (Wildman–Crippen MR) is 60.0 cm³/mol. The number of hydrogen-bond donors (Lipinski definition) is 0. The predicted octanol–water partition coefficient (Wildman–Crippen LogP) is 3.37. The number of ketones is 1. The Morgan fingerprint density at radius 1 is 1.50 bits per heavy atom. The SMILES string of the molecule is C/C=C\C(=O)[C@H]1[C@H](C)C=CCC1(C)C. The van der Waals surface area contributed by atoms with Gasteiger partial charge in [0.05, 0.1) is 0 Å². The minimum Gasteiger partial charge on any atom is -0.295 e. The Balaban J connectivity index is 2.93. The van der Waals surface area contributed by atoms with Crippen LogP contribution in [0.4, 0.5) is 0 Å². The van der Waals surface area contributed by atoms with E-state index in [1.54, 1.807) is 6.08 Å². The third-order valence-electron chi connectivity index (χ3n) is 3.09. The summed E-state index contributed by atoms with van der Waals surface area (Å²) in [5, 5.41) is 0. The summed E-state index contributed by atoms with van der Waals surface area (Å²) in [6.07, 6.45) is 8.91. The number of carbonyl (C=O) groups is 1. The van der Waals surface area contributed by atoms with Crippen LogP contribution in [-0.2, 0) is 4.79 Å². The van der Waals surface area contributed by atoms with Crippen LogP contribution >= 0.6 is 0 Å². The molecule has 0 heterocycles. The van der Waals surface area contributed by atoms with E-state index in [1.807, 2.05) is 13.0 Å². The Bertz CT molecular complexity index is 271. The van der Waals surface area contributed by atoms with Gasteiger partial charge in [-0.05, 0) is 30.8 Å². The van der Waals surface area contributed by atoms with Gasteiger partial charge in [-0.15, -0.1) is 0 Å². The second kappa shape index (κ2) is 4.12. The smallest absolute Gasteiger partial charge is 0.159 e. The molecule has 78 valence electrons. The van der Waals surface area contributed by atoms with E-state index in [2.05, 4.69) is 32.9 Å². The van der Waals surface area contributed by atoms with Crippen molar-refractivity contribution >= 4 is 5.78 Å². The minimum atomic E-state index is 0.102. The lowest BCUT2D eigenvalue weighted by molar-refractivity contribution is -0.123. The van der Waals surface area contributed by atoms with Crippen molar-refractivity contribution in [2.24, 2.45) is 17.3 Å². The second-order valence-electron chi connectivity index (χ2n) is 4.86. The molecule has 0 aliphatic heterocycles. The van der Waals surface area contributed by atoms with Gasteiger partial charge in [0.2, 0.25) is 0 Å². The topological polar surface area (TPSA) is 17.1 Å². The molecule has 0 aromatic heterocycles. The lowest BCUT2D eigenvalue weighted by Gasteiger charge is -2.38. The summed E-state index contributed by atoms with van der Waals surface area (Å²) in [5.74, 6) is 0.778. The van der Waals surface area contributed by atoms with E-state index in [0.29, 0.717) is 5.92 Å². The van der Waals surface area contributed by atoms with Gasteiger partial charge in [-0.2, -0.15) is 0 Å². The zero-order chi connectivity index (χ0) is 10.8. The first-order valence-electron chi connectivity index (χ1n) is 5.32. The van der Waals surface area contributed by atoms with E-state index in [-0.39, 0.29) is 17.1 Å². The number of hydrogen-bond acceptors (Lipinski definition) is 1. The zero-order valence-electron chi connectivity index (χ0n) is 9.58. The van der Waals surface area contributed by atoms with Gasteiger partial charge in [-0.3, -0.25) is 4.79 Å². The van der Waals surface area contributed by atoms with Crippen LogP contribution in [0, 0.1) is 17.3 Å². The maximum absolute atomic E-state index is 11.9. The molecule has 0 spiro atoms. The Labute approximate surface area is 86.9 Å². The van der Waals surface area contributed by atoms with E-state index in [9.17, 15) is 4.79 Å². The molecule has 0 bridgehead atoms. The average molecular weight is 192 g/mol. The zero-order valence-corrected chi connectivity index (χ0v) is 9.58. The van der Waals surface area contributed by atoms with Crippen LogP contribution in [0.1, 0.15) is 34.1 Å². The van der Waals surface area contributed by atoms with Crippen molar-refractivity contribution in [2.75, 3.05) is 0 Å². The highest BCUT2D eigenvalue weighted by Crippen LogP contribution is 2.41. The Hall–Kier alpha value is -0.850. The van der Waals surface area contributed by atoms with Crippen molar-refractivity contribution < 1.29 is 4.79 Å². The molecule has 14 heavy (non-hydrogen) atoms. The molecule has 2 atom stereocenters. The third kappa shape index (κ3) is 2.14. The highest BCUT2D eigenvalue weighted by Gasteiger charge is 2.38. The van der Waals surface area contributed by atoms with Gasteiger partial charge < -0.3 is 0 Å². The van der Waals surface area contributed by atoms with Crippen LogP contribution in [-0.4, -0.2) is 5.78 Å². The van der Waals surface area contributed by atoms with Crippen LogP contribution in [0.2, 0.25) is 0 Å². The first kappa shape index (κ1) is 11.2. The molecule has 0 fully saturated rings. The third-order valence-corrected chi connectivity index (χ3v) is 3.09. The maximum Gasteiger partial charge on any atom is 0.159 e. The molecule has 0 saturated heterocycles. The fourth-order valence-electron chi connectivity index (χ4n) is 2.45. The summed E-state index contributed by atoms with van der Waals surface area (Å²) in [5.41, 5.74) is 0.102. The van der Waals surface area contributed by atoms with Gasteiger partial charge in [0.15, 0.2) is 5.78 Å². The van der Waals surface area contributed by atoms with Gasteiger partial charge in [-0.25, -0.2) is 0 Å². The molecule has 1 aliphatic rings. The Morgan fingerprint density at radius 2 is 2.14 bits per heavy atom. The molecule has 1 aliphatic carbocycles. The van der Waals surface area contributed by atoms with Gasteiger partial charge in [0.25, 0.3) is 0 Å². The van der Waals surface area contributed by atoms with Crippen LogP contribution < -0.4 is 0 Å². The molecule has 0 saturated carbocycles. The van der Waals surface area contributed by atoms with Gasteiger partial charge >= 0.3 is 0 Å². The summed E-state index contributed by atoms with van der Waals surface area (Å²) in [4.78, 5) is 11.9. The quantitative estimate of drug-likeness (QED) is 0.484. The lowest BCUT2D eigenvalue weighted by atomic mass is 9.65. The number of allylic oxidation sites excluding steroid dienone is 4. The minimum absolute atomic E-state index is 0.102. The van der Waals surface area contributed by atoms with Gasteiger partial charge in [-0.1, -0.05) is 39.0 Å². The summed E-state index contributed by atoms with van der Waals surface area (Å²) in [6.45, 7) is 8.38. The molecule has 0 amide bonds. The van der Waals surface area contributed by atoms with Crippen LogP contribution in [0.3, 0.4) is 0 Å². The molecule has 0 N–H and O–H groups in total. The van der Waals surface area contributed by atoms with Crippen molar-refractivity contribution in [1.82, 2.24) is 0 Å². The summed E-state index contributed by atoms with van der Waals surface area (Å²) in [7, 11) is 0. The Kier molecular flexibility index (Phi) is 3.30. The van der Waals surface area contributed by atoms with Crippen molar-refractivity contribution in [2.45, 2.75) is 34.1 Å². The fraction of sp³-hybridized carbons (Fsp3) is 0.615. The van der Waals surface area contributed by atoms with Crippen molar-refractivity contribution in [1.29, 1.82) is 0 Å². The molecule has 1 heteroatoms. The molecule has 1 nitrogen and oxygen atoms in total. The number of carbonyl (C=O) groups excluding carboxylic acids is 1. The van der Waals surface area contributed by atoms with Gasteiger partial charge in [0, 0.05) is 5.92 Å².